The molecular formula is C15H25N5. The van der Waals surface area contributed by atoms with Gasteiger partial charge in [-0.2, -0.15) is 5.10 Å². The molecule has 0 saturated heterocycles. The second-order valence-corrected chi connectivity index (χ2v) is 5.33. The van der Waals surface area contributed by atoms with Crippen molar-refractivity contribution in [2.75, 3.05) is 11.9 Å². The van der Waals surface area contributed by atoms with Gasteiger partial charge in [0.1, 0.15) is 0 Å². The van der Waals surface area contributed by atoms with Gasteiger partial charge in [-0.3, -0.25) is 4.68 Å². The summed E-state index contributed by atoms with van der Waals surface area (Å²) < 4.78 is 4.26. The molecule has 1 N–H and O–H groups in total. The first-order valence-corrected chi connectivity index (χ1v) is 7.39. The van der Waals surface area contributed by atoms with Crippen molar-refractivity contribution in [3.05, 3.63) is 29.3 Å². The maximum Gasteiger partial charge on any atom is 0.203 e. The van der Waals surface area contributed by atoms with Crippen molar-refractivity contribution in [1.29, 1.82) is 0 Å². The predicted molar refractivity (Wildman–Crippen MR) is 82.1 cm³/mol. The van der Waals surface area contributed by atoms with Crippen LogP contribution in [0.15, 0.2) is 12.3 Å². The molecule has 110 valence electrons. The first-order valence-electron chi connectivity index (χ1n) is 7.39. The van der Waals surface area contributed by atoms with Gasteiger partial charge in [-0.25, -0.2) is 4.98 Å². The van der Waals surface area contributed by atoms with Crippen molar-refractivity contribution in [2.45, 2.75) is 53.6 Å². The van der Waals surface area contributed by atoms with Crippen LogP contribution in [0.1, 0.15) is 36.8 Å². The normalized spacial score (nSPS) is 11.0. The van der Waals surface area contributed by atoms with E-state index in [4.69, 9.17) is 0 Å². The maximum absolute atomic E-state index is 4.52. The number of aromatic nitrogens is 4. The summed E-state index contributed by atoms with van der Waals surface area (Å²) in [5.41, 5.74) is 3.38. The molecule has 0 radical (unpaired) electrons. The standard InChI is InChI=1S/C15H25N5/c1-5-8-19-11-13(3)17-15(19)16-7-6-9-20-14(4)10-12(2)18-20/h10-11H,5-9H2,1-4H3,(H,16,17). The molecular weight excluding hydrogens is 250 g/mol. The molecule has 0 saturated carbocycles. The van der Waals surface area contributed by atoms with E-state index in [1.807, 2.05) is 13.8 Å². The Morgan fingerprint density at radius 1 is 1.15 bits per heavy atom. The van der Waals surface area contributed by atoms with Crippen molar-refractivity contribution in [3.8, 4) is 0 Å². The van der Waals surface area contributed by atoms with E-state index in [9.17, 15) is 0 Å². The lowest BCUT2D eigenvalue weighted by Gasteiger charge is -2.09. The third-order valence-electron chi connectivity index (χ3n) is 3.29. The van der Waals surface area contributed by atoms with Crippen LogP contribution < -0.4 is 5.32 Å². The van der Waals surface area contributed by atoms with Crippen LogP contribution in [0.25, 0.3) is 0 Å². The number of anilines is 1. The number of rotatable bonds is 7. The molecule has 2 heterocycles. The summed E-state index contributed by atoms with van der Waals surface area (Å²) in [7, 11) is 0. The SMILES string of the molecule is CCCn1cc(C)nc1NCCCn1nc(C)cc1C. The molecule has 0 unspecified atom stereocenters. The Hall–Kier alpha value is -1.78. The molecule has 0 aliphatic heterocycles. The first kappa shape index (κ1) is 14.6. The number of nitrogens with zero attached hydrogens (tertiary/aromatic N) is 4. The summed E-state index contributed by atoms with van der Waals surface area (Å²) >= 11 is 0. The highest BCUT2D eigenvalue weighted by Gasteiger charge is 2.04. The van der Waals surface area contributed by atoms with Crippen molar-refractivity contribution < 1.29 is 0 Å². The third-order valence-corrected chi connectivity index (χ3v) is 3.29. The fraction of sp³-hybridized carbons (Fsp3) is 0.600. The van der Waals surface area contributed by atoms with Gasteiger partial charge in [0.25, 0.3) is 0 Å². The van der Waals surface area contributed by atoms with E-state index >= 15 is 0 Å². The quantitative estimate of drug-likeness (QED) is 0.790. The minimum atomic E-state index is 0.915. The fourth-order valence-corrected chi connectivity index (χ4v) is 2.43. The average molecular weight is 275 g/mol. The molecule has 0 atom stereocenters. The lowest BCUT2D eigenvalue weighted by atomic mass is 10.4. The Labute approximate surface area is 121 Å². The highest BCUT2D eigenvalue weighted by atomic mass is 15.3. The largest absolute Gasteiger partial charge is 0.356 e. The van der Waals surface area contributed by atoms with Crippen LogP contribution in [0.4, 0.5) is 5.95 Å². The second-order valence-electron chi connectivity index (χ2n) is 5.33. The highest BCUT2D eigenvalue weighted by molar-refractivity contribution is 5.28. The Morgan fingerprint density at radius 3 is 2.60 bits per heavy atom. The van der Waals surface area contributed by atoms with Crippen molar-refractivity contribution in [2.24, 2.45) is 0 Å². The molecule has 5 nitrogen and oxygen atoms in total. The zero-order valence-corrected chi connectivity index (χ0v) is 13.0. The molecule has 0 aliphatic carbocycles. The van der Waals surface area contributed by atoms with E-state index in [2.05, 4.69) is 50.8 Å². The van der Waals surface area contributed by atoms with Gasteiger partial charge < -0.3 is 9.88 Å². The summed E-state index contributed by atoms with van der Waals surface area (Å²) in [5.74, 6) is 0.984. The van der Waals surface area contributed by atoms with Crippen LogP contribution in [0.2, 0.25) is 0 Å². The molecule has 2 rings (SSSR count). The Bertz CT molecular complexity index is 553. The molecule has 2 aromatic rings. The molecule has 0 aromatic carbocycles. The topological polar surface area (TPSA) is 47.7 Å². The maximum atomic E-state index is 4.52. The van der Waals surface area contributed by atoms with Crippen LogP contribution in [0, 0.1) is 20.8 Å². The summed E-state index contributed by atoms with van der Waals surface area (Å²) in [6.45, 7) is 11.2. The minimum Gasteiger partial charge on any atom is -0.356 e. The van der Waals surface area contributed by atoms with E-state index < -0.39 is 0 Å². The van der Waals surface area contributed by atoms with Crippen LogP contribution in [0.5, 0.6) is 0 Å². The van der Waals surface area contributed by atoms with E-state index in [0.29, 0.717) is 0 Å². The van der Waals surface area contributed by atoms with Crippen LogP contribution in [-0.4, -0.2) is 25.9 Å². The Balaban J connectivity index is 1.82. The van der Waals surface area contributed by atoms with Crippen LogP contribution in [-0.2, 0) is 13.1 Å². The number of aryl methyl sites for hydroxylation is 5. The smallest absolute Gasteiger partial charge is 0.203 e. The van der Waals surface area contributed by atoms with Gasteiger partial charge in [0.2, 0.25) is 5.95 Å². The zero-order valence-electron chi connectivity index (χ0n) is 13.0. The first-order chi connectivity index (χ1) is 9.60. The van der Waals surface area contributed by atoms with E-state index in [-0.39, 0.29) is 0 Å². The molecule has 0 amide bonds. The molecule has 0 fully saturated rings. The van der Waals surface area contributed by atoms with Gasteiger partial charge in [0.15, 0.2) is 0 Å². The zero-order chi connectivity index (χ0) is 14.5. The Morgan fingerprint density at radius 2 is 1.95 bits per heavy atom. The molecule has 0 bridgehead atoms. The molecule has 5 heteroatoms. The summed E-state index contributed by atoms with van der Waals surface area (Å²) in [6, 6.07) is 2.12. The fourth-order valence-electron chi connectivity index (χ4n) is 2.43. The number of imidazole rings is 1. The number of hydrogen-bond acceptors (Lipinski definition) is 3. The summed E-state index contributed by atoms with van der Waals surface area (Å²) in [5, 5.41) is 7.90. The van der Waals surface area contributed by atoms with Gasteiger partial charge >= 0.3 is 0 Å². The summed E-state index contributed by atoms with van der Waals surface area (Å²) in [6.07, 6.45) is 4.27. The van der Waals surface area contributed by atoms with Crippen molar-refractivity contribution in [1.82, 2.24) is 19.3 Å². The predicted octanol–water partition coefficient (Wildman–Crippen LogP) is 2.92. The molecule has 0 aliphatic rings. The van der Waals surface area contributed by atoms with Gasteiger partial charge in [0, 0.05) is 31.5 Å². The number of nitrogens with one attached hydrogen (secondary N) is 1. The van der Waals surface area contributed by atoms with Crippen molar-refractivity contribution >= 4 is 5.95 Å². The lowest BCUT2D eigenvalue weighted by Crippen LogP contribution is -2.12. The van der Waals surface area contributed by atoms with Gasteiger partial charge in [-0.15, -0.1) is 0 Å². The highest BCUT2D eigenvalue weighted by Crippen LogP contribution is 2.09. The van der Waals surface area contributed by atoms with Crippen LogP contribution in [0.3, 0.4) is 0 Å². The van der Waals surface area contributed by atoms with Gasteiger partial charge in [-0.1, -0.05) is 6.92 Å². The van der Waals surface area contributed by atoms with E-state index in [0.717, 1.165) is 49.8 Å². The van der Waals surface area contributed by atoms with Gasteiger partial charge in [0.05, 0.1) is 11.4 Å². The molecule has 2 aromatic heterocycles. The molecule has 0 spiro atoms. The average Bonchev–Trinajstić information content (AvgIpc) is 2.88. The Kier molecular flexibility index (Phi) is 4.82. The van der Waals surface area contributed by atoms with E-state index in [1.165, 1.54) is 5.69 Å². The van der Waals surface area contributed by atoms with E-state index in [1.54, 1.807) is 0 Å². The monoisotopic (exact) mass is 275 g/mol. The summed E-state index contributed by atoms with van der Waals surface area (Å²) in [4.78, 5) is 4.52. The van der Waals surface area contributed by atoms with Gasteiger partial charge in [-0.05, 0) is 39.7 Å². The number of hydrogen-bond donors (Lipinski definition) is 1. The third kappa shape index (κ3) is 3.62. The van der Waals surface area contributed by atoms with Crippen LogP contribution >= 0.6 is 0 Å². The van der Waals surface area contributed by atoms with Crippen molar-refractivity contribution in [3.63, 3.8) is 0 Å². The lowest BCUT2D eigenvalue weighted by molar-refractivity contribution is 0.571. The minimum absolute atomic E-state index is 0.915. The second kappa shape index (κ2) is 6.59. The molecule has 20 heavy (non-hydrogen) atoms.